The van der Waals surface area contributed by atoms with Crippen LogP contribution in [0.5, 0.6) is 0 Å². The predicted molar refractivity (Wildman–Crippen MR) is 90.7 cm³/mol. The first-order valence-corrected chi connectivity index (χ1v) is 8.38. The summed E-state index contributed by atoms with van der Waals surface area (Å²) in [5.74, 6) is 0. The van der Waals surface area contributed by atoms with E-state index in [-0.39, 0.29) is 0 Å². The van der Waals surface area contributed by atoms with Crippen LogP contribution in [0.2, 0.25) is 0 Å². The molecule has 1 aromatic rings. The molecule has 0 amide bonds. The molecule has 1 saturated heterocycles. The number of likely N-dealkylation sites (N-methyl/N-ethyl adjacent to an activating group) is 2. The topological polar surface area (TPSA) is 18.5 Å². The van der Waals surface area contributed by atoms with E-state index in [0.29, 0.717) is 6.04 Å². The summed E-state index contributed by atoms with van der Waals surface area (Å²) in [4.78, 5) is 5.18. The highest BCUT2D eigenvalue weighted by molar-refractivity contribution is 5.27. The van der Waals surface area contributed by atoms with Crippen LogP contribution in [0.25, 0.3) is 0 Å². The lowest BCUT2D eigenvalue weighted by atomic mass is 10.0. The van der Waals surface area contributed by atoms with Gasteiger partial charge in [0.1, 0.15) is 0 Å². The van der Waals surface area contributed by atoms with Gasteiger partial charge in [0, 0.05) is 25.7 Å². The second-order valence-electron chi connectivity index (χ2n) is 6.27. The third-order valence-corrected chi connectivity index (χ3v) is 4.63. The van der Waals surface area contributed by atoms with Crippen LogP contribution < -0.4 is 5.32 Å². The average molecular weight is 289 g/mol. The highest BCUT2D eigenvalue weighted by Crippen LogP contribution is 2.18. The summed E-state index contributed by atoms with van der Waals surface area (Å²) in [6.45, 7) is 8.14. The molecule has 0 saturated carbocycles. The SMILES string of the molecule is CCC1CN(C)CCCN1Cc1ccccc1CCNC. The first-order valence-electron chi connectivity index (χ1n) is 8.38. The first-order chi connectivity index (χ1) is 10.2. The minimum Gasteiger partial charge on any atom is -0.319 e. The summed E-state index contributed by atoms with van der Waals surface area (Å²) in [5.41, 5.74) is 3.01. The van der Waals surface area contributed by atoms with Crippen molar-refractivity contribution in [1.29, 1.82) is 0 Å². The van der Waals surface area contributed by atoms with Crippen molar-refractivity contribution in [2.24, 2.45) is 0 Å². The first kappa shape index (κ1) is 16.5. The standard InChI is InChI=1S/C18H31N3/c1-4-18-15-20(3)12-7-13-21(18)14-17-9-6-5-8-16(17)10-11-19-2/h5-6,8-9,18-19H,4,7,10-15H2,1-3H3. The number of benzene rings is 1. The fourth-order valence-corrected chi connectivity index (χ4v) is 3.32. The summed E-state index contributed by atoms with van der Waals surface area (Å²) in [5, 5.41) is 3.26. The molecular formula is C18H31N3. The zero-order chi connectivity index (χ0) is 15.1. The monoisotopic (exact) mass is 289 g/mol. The van der Waals surface area contributed by atoms with Gasteiger partial charge in [-0.2, -0.15) is 0 Å². The molecule has 3 nitrogen and oxygen atoms in total. The zero-order valence-corrected chi connectivity index (χ0v) is 13.9. The summed E-state index contributed by atoms with van der Waals surface area (Å²) >= 11 is 0. The van der Waals surface area contributed by atoms with E-state index in [9.17, 15) is 0 Å². The van der Waals surface area contributed by atoms with Gasteiger partial charge in [0.05, 0.1) is 0 Å². The lowest BCUT2D eigenvalue weighted by Gasteiger charge is -2.30. The van der Waals surface area contributed by atoms with Gasteiger partial charge in [0.15, 0.2) is 0 Å². The lowest BCUT2D eigenvalue weighted by Crippen LogP contribution is -2.39. The summed E-state index contributed by atoms with van der Waals surface area (Å²) in [6, 6.07) is 9.64. The number of nitrogens with one attached hydrogen (secondary N) is 1. The van der Waals surface area contributed by atoms with Crippen LogP contribution in [0.15, 0.2) is 24.3 Å². The van der Waals surface area contributed by atoms with Crippen LogP contribution in [0.4, 0.5) is 0 Å². The maximum atomic E-state index is 3.26. The molecule has 1 aliphatic rings. The highest BCUT2D eigenvalue weighted by atomic mass is 15.2. The Hall–Kier alpha value is -0.900. The Morgan fingerprint density at radius 3 is 2.67 bits per heavy atom. The maximum absolute atomic E-state index is 3.26. The van der Waals surface area contributed by atoms with Crippen LogP contribution in [-0.4, -0.2) is 56.1 Å². The molecule has 0 aliphatic carbocycles. The van der Waals surface area contributed by atoms with Crippen LogP contribution in [-0.2, 0) is 13.0 Å². The van der Waals surface area contributed by atoms with Crippen molar-refractivity contribution in [2.45, 2.75) is 38.8 Å². The Morgan fingerprint density at radius 1 is 1.19 bits per heavy atom. The van der Waals surface area contributed by atoms with E-state index in [1.165, 1.54) is 43.6 Å². The van der Waals surface area contributed by atoms with Crippen molar-refractivity contribution in [3.8, 4) is 0 Å². The molecule has 0 spiro atoms. The number of rotatable bonds is 6. The van der Waals surface area contributed by atoms with Crippen LogP contribution in [0.3, 0.4) is 0 Å². The average Bonchev–Trinajstić information content (AvgIpc) is 2.68. The minimum absolute atomic E-state index is 0.690. The molecule has 1 unspecified atom stereocenters. The third kappa shape index (κ3) is 4.80. The van der Waals surface area contributed by atoms with E-state index < -0.39 is 0 Å². The Balaban J connectivity index is 2.08. The van der Waals surface area contributed by atoms with Gasteiger partial charge in [0.25, 0.3) is 0 Å². The van der Waals surface area contributed by atoms with Gasteiger partial charge in [-0.1, -0.05) is 31.2 Å². The Kier molecular flexibility index (Phi) is 6.68. The van der Waals surface area contributed by atoms with Crippen molar-refractivity contribution in [1.82, 2.24) is 15.1 Å². The van der Waals surface area contributed by atoms with E-state index in [1.807, 2.05) is 7.05 Å². The molecule has 1 atom stereocenters. The molecule has 3 heteroatoms. The largest absolute Gasteiger partial charge is 0.319 e. The second kappa shape index (κ2) is 8.52. The molecule has 1 heterocycles. The third-order valence-electron chi connectivity index (χ3n) is 4.63. The number of hydrogen-bond donors (Lipinski definition) is 1. The number of nitrogens with zero attached hydrogens (tertiary/aromatic N) is 2. The lowest BCUT2D eigenvalue weighted by molar-refractivity contribution is 0.175. The quantitative estimate of drug-likeness (QED) is 0.867. The smallest absolute Gasteiger partial charge is 0.0239 e. The molecule has 21 heavy (non-hydrogen) atoms. The Morgan fingerprint density at radius 2 is 1.95 bits per heavy atom. The molecule has 1 aliphatic heterocycles. The van der Waals surface area contributed by atoms with E-state index in [2.05, 4.69) is 53.4 Å². The van der Waals surface area contributed by atoms with Crippen molar-refractivity contribution in [3.05, 3.63) is 35.4 Å². The molecule has 1 N–H and O–H groups in total. The molecule has 0 aromatic heterocycles. The van der Waals surface area contributed by atoms with Crippen LogP contribution >= 0.6 is 0 Å². The zero-order valence-electron chi connectivity index (χ0n) is 13.9. The summed E-state index contributed by atoms with van der Waals surface area (Å²) in [6.07, 6.45) is 3.64. The molecule has 0 bridgehead atoms. The van der Waals surface area contributed by atoms with E-state index in [4.69, 9.17) is 0 Å². The summed E-state index contributed by atoms with van der Waals surface area (Å²) in [7, 11) is 4.29. The number of hydrogen-bond acceptors (Lipinski definition) is 3. The molecule has 0 radical (unpaired) electrons. The highest BCUT2D eigenvalue weighted by Gasteiger charge is 2.22. The molecule has 1 fully saturated rings. The normalized spacial score (nSPS) is 21.4. The van der Waals surface area contributed by atoms with Gasteiger partial charge in [-0.3, -0.25) is 4.90 Å². The van der Waals surface area contributed by atoms with Gasteiger partial charge in [0.2, 0.25) is 0 Å². The molecule has 2 rings (SSSR count). The fraction of sp³-hybridized carbons (Fsp3) is 0.667. The van der Waals surface area contributed by atoms with Crippen molar-refractivity contribution in [2.75, 3.05) is 40.3 Å². The van der Waals surface area contributed by atoms with Crippen LogP contribution in [0.1, 0.15) is 30.9 Å². The van der Waals surface area contributed by atoms with Gasteiger partial charge in [-0.05, 0) is 57.6 Å². The van der Waals surface area contributed by atoms with Crippen molar-refractivity contribution in [3.63, 3.8) is 0 Å². The summed E-state index contributed by atoms with van der Waals surface area (Å²) < 4.78 is 0. The second-order valence-corrected chi connectivity index (χ2v) is 6.27. The van der Waals surface area contributed by atoms with E-state index in [1.54, 1.807) is 0 Å². The predicted octanol–water partition coefficient (Wildman–Crippen LogP) is 2.36. The van der Waals surface area contributed by atoms with Crippen molar-refractivity contribution >= 4 is 0 Å². The Bertz CT molecular complexity index is 419. The van der Waals surface area contributed by atoms with Crippen LogP contribution in [0, 0.1) is 0 Å². The van der Waals surface area contributed by atoms with Gasteiger partial charge < -0.3 is 10.2 Å². The molecule has 118 valence electrons. The molecular weight excluding hydrogens is 258 g/mol. The fourth-order valence-electron chi connectivity index (χ4n) is 3.32. The Labute approximate surface area is 130 Å². The van der Waals surface area contributed by atoms with Gasteiger partial charge >= 0.3 is 0 Å². The minimum atomic E-state index is 0.690. The molecule has 1 aromatic carbocycles. The maximum Gasteiger partial charge on any atom is 0.0239 e. The van der Waals surface area contributed by atoms with Gasteiger partial charge in [-0.15, -0.1) is 0 Å². The van der Waals surface area contributed by atoms with E-state index >= 15 is 0 Å². The van der Waals surface area contributed by atoms with E-state index in [0.717, 1.165) is 19.5 Å². The van der Waals surface area contributed by atoms with Crippen molar-refractivity contribution < 1.29 is 0 Å². The van der Waals surface area contributed by atoms with Gasteiger partial charge in [-0.25, -0.2) is 0 Å².